The van der Waals surface area contributed by atoms with Gasteiger partial charge in [-0.05, 0) is 147 Å². The van der Waals surface area contributed by atoms with Gasteiger partial charge in [-0.1, -0.05) is 12.1 Å². The van der Waals surface area contributed by atoms with Gasteiger partial charge in [-0.25, -0.2) is 4.79 Å². The van der Waals surface area contributed by atoms with Crippen LogP contribution >= 0.6 is 0 Å². The maximum atomic E-state index is 14.3. The maximum absolute atomic E-state index is 14.3. The SMILES string of the molecule is CCOC(=O)CN(C(=O)c1ccc(OCC(C)(C)NC(=O)OC(C)(C)C)cc1)c1cc(OC)ccc1C1CCc2cc(OC(=O)C(C)(C)C)ccc2C1. The van der Waals surface area contributed by atoms with Crippen LogP contribution in [0.25, 0.3) is 0 Å². The van der Waals surface area contributed by atoms with Gasteiger partial charge in [0.2, 0.25) is 0 Å². The van der Waals surface area contributed by atoms with Crippen molar-refractivity contribution in [2.24, 2.45) is 5.41 Å². The number of carbonyl (C=O) groups is 4. The van der Waals surface area contributed by atoms with Crippen LogP contribution in [0.2, 0.25) is 0 Å². The van der Waals surface area contributed by atoms with Crippen molar-refractivity contribution < 1.29 is 42.9 Å². The number of hydrogen-bond donors (Lipinski definition) is 1. The fraction of sp³-hybridized carbons (Fsp3) is 0.476. The lowest BCUT2D eigenvalue weighted by molar-refractivity contribution is -0.143. The first kappa shape index (κ1) is 40.7. The average molecular weight is 731 g/mol. The minimum Gasteiger partial charge on any atom is -0.497 e. The highest BCUT2D eigenvalue weighted by molar-refractivity contribution is 6.09. The predicted molar refractivity (Wildman–Crippen MR) is 203 cm³/mol. The van der Waals surface area contributed by atoms with E-state index in [9.17, 15) is 19.2 Å². The zero-order chi connectivity index (χ0) is 39.1. The molecule has 1 unspecified atom stereocenters. The van der Waals surface area contributed by atoms with Gasteiger partial charge in [0.05, 0.1) is 30.4 Å². The summed E-state index contributed by atoms with van der Waals surface area (Å²) in [5.41, 5.74) is 2.05. The van der Waals surface area contributed by atoms with Gasteiger partial charge in [0.1, 0.15) is 36.0 Å². The number of rotatable bonds is 12. The molecular weight excluding hydrogens is 676 g/mol. The molecule has 0 aliphatic heterocycles. The van der Waals surface area contributed by atoms with Crippen LogP contribution in [0, 0.1) is 5.41 Å². The number of alkyl carbamates (subject to hydrolysis) is 1. The highest BCUT2D eigenvalue weighted by Crippen LogP contribution is 2.40. The Balaban J connectivity index is 1.58. The van der Waals surface area contributed by atoms with E-state index in [0.717, 1.165) is 29.5 Å². The number of fused-ring (bicyclic) bond motifs is 1. The van der Waals surface area contributed by atoms with Gasteiger partial charge in [-0.15, -0.1) is 0 Å². The summed E-state index contributed by atoms with van der Waals surface area (Å²) in [5, 5.41) is 2.82. The predicted octanol–water partition coefficient (Wildman–Crippen LogP) is 7.81. The van der Waals surface area contributed by atoms with Crippen molar-refractivity contribution in [1.82, 2.24) is 5.32 Å². The minimum atomic E-state index is -0.739. The Morgan fingerprint density at radius 1 is 0.830 bits per heavy atom. The van der Waals surface area contributed by atoms with E-state index in [1.54, 1.807) is 65.1 Å². The van der Waals surface area contributed by atoms with E-state index in [1.165, 1.54) is 4.90 Å². The van der Waals surface area contributed by atoms with Crippen LogP contribution in [0.5, 0.6) is 17.2 Å². The Hall–Kier alpha value is -5.06. The molecule has 11 heteroatoms. The van der Waals surface area contributed by atoms with Crippen molar-refractivity contribution >= 4 is 29.6 Å². The summed E-state index contributed by atoms with van der Waals surface area (Å²) < 4.78 is 27.9. The van der Waals surface area contributed by atoms with Gasteiger partial charge in [0, 0.05) is 11.6 Å². The summed E-state index contributed by atoms with van der Waals surface area (Å²) in [4.78, 5) is 53.5. The van der Waals surface area contributed by atoms with Crippen molar-refractivity contribution in [3.63, 3.8) is 0 Å². The van der Waals surface area contributed by atoms with Crippen LogP contribution in [0.15, 0.2) is 60.7 Å². The summed E-state index contributed by atoms with van der Waals surface area (Å²) in [5.74, 6) is 0.357. The molecule has 1 atom stereocenters. The summed E-state index contributed by atoms with van der Waals surface area (Å²) in [6, 6.07) is 18.0. The lowest BCUT2D eigenvalue weighted by atomic mass is 9.79. The fourth-order valence-corrected chi connectivity index (χ4v) is 5.88. The third-order valence-electron chi connectivity index (χ3n) is 8.58. The van der Waals surface area contributed by atoms with Gasteiger partial charge >= 0.3 is 18.0 Å². The van der Waals surface area contributed by atoms with Gasteiger partial charge in [-0.2, -0.15) is 0 Å². The zero-order valence-electron chi connectivity index (χ0n) is 32.7. The van der Waals surface area contributed by atoms with Crippen LogP contribution in [-0.2, 0) is 31.9 Å². The molecule has 0 aromatic heterocycles. The number of nitrogens with one attached hydrogen (secondary N) is 1. The summed E-state index contributed by atoms with van der Waals surface area (Å²) >= 11 is 0. The molecule has 11 nitrogen and oxygen atoms in total. The van der Waals surface area contributed by atoms with Gasteiger partial charge in [-0.3, -0.25) is 19.3 Å². The standard InChI is InChI=1S/C42H54N2O9/c1-11-50-36(45)25-44(37(46)27-14-17-31(18-15-27)51-26-42(8,9)43-39(48)53-41(5,6)7)35-24-32(49-10)20-21-34(35)30-13-12-29-23-33(19-16-28(29)22-30)52-38(47)40(2,3)4/h14-21,23-24,30H,11-13,22,25-26H2,1-10H3,(H,43,48). The van der Waals surface area contributed by atoms with Crippen molar-refractivity contribution in [3.05, 3.63) is 82.9 Å². The zero-order valence-corrected chi connectivity index (χ0v) is 32.7. The Kier molecular flexibility index (Phi) is 12.9. The number of nitrogens with zero attached hydrogens (tertiary/aromatic N) is 1. The number of hydrogen-bond acceptors (Lipinski definition) is 9. The number of amides is 2. The Bertz CT molecular complexity index is 1790. The molecule has 3 aromatic carbocycles. The highest BCUT2D eigenvalue weighted by Gasteiger charge is 2.31. The largest absolute Gasteiger partial charge is 0.497 e. The maximum Gasteiger partial charge on any atom is 0.408 e. The van der Waals surface area contributed by atoms with Gasteiger partial charge < -0.3 is 29.0 Å². The molecule has 286 valence electrons. The number of benzene rings is 3. The lowest BCUT2D eigenvalue weighted by Gasteiger charge is -2.31. The molecule has 0 saturated heterocycles. The van der Waals surface area contributed by atoms with Crippen LogP contribution in [0.3, 0.4) is 0 Å². The molecule has 0 fully saturated rings. The van der Waals surface area contributed by atoms with Crippen LogP contribution < -0.4 is 24.4 Å². The third-order valence-corrected chi connectivity index (χ3v) is 8.58. The average Bonchev–Trinajstić information content (AvgIpc) is 3.08. The fourth-order valence-electron chi connectivity index (χ4n) is 5.88. The van der Waals surface area contributed by atoms with Crippen molar-refractivity contribution in [2.75, 3.05) is 31.8 Å². The number of esters is 2. The molecule has 1 aliphatic rings. The molecule has 0 bridgehead atoms. The van der Waals surface area contributed by atoms with Crippen molar-refractivity contribution in [2.45, 2.75) is 98.6 Å². The lowest BCUT2D eigenvalue weighted by Crippen LogP contribution is -2.49. The topological polar surface area (TPSA) is 130 Å². The summed E-state index contributed by atoms with van der Waals surface area (Å²) in [6.07, 6.45) is 1.66. The second-order valence-corrected chi connectivity index (χ2v) is 16.0. The molecule has 53 heavy (non-hydrogen) atoms. The molecule has 4 rings (SSSR count). The Morgan fingerprint density at radius 2 is 1.49 bits per heavy atom. The molecule has 0 heterocycles. The van der Waals surface area contributed by atoms with Crippen LogP contribution in [0.4, 0.5) is 10.5 Å². The van der Waals surface area contributed by atoms with Gasteiger partial charge in [0.25, 0.3) is 5.91 Å². The van der Waals surface area contributed by atoms with E-state index >= 15 is 0 Å². The first-order valence-electron chi connectivity index (χ1n) is 18.0. The van der Waals surface area contributed by atoms with Crippen molar-refractivity contribution in [3.8, 4) is 17.2 Å². The summed E-state index contributed by atoms with van der Waals surface area (Å²) in [7, 11) is 1.56. The Morgan fingerprint density at radius 3 is 2.11 bits per heavy atom. The molecule has 0 radical (unpaired) electrons. The number of ether oxygens (including phenoxy) is 5. The van der Waals surface area contributed by atoms with E-state index < -0.39 is 34.5 Å². The minimum absolute atomic E-state index is 0.0253. The van der Waals surface area contributed by atoms with E-state index in [-0.39, 0.29) is 31.6 Å². The molecule has 1 N–H and O–H groups in total. The van der Waals surface area contributed by atoms with Crippen molar-refractivity contribution in [1.29, 1.82) is 0 Å². The van der Waals surface area contributed by atoms with E-state index in [4.69, 9.17) is 23.7 Å². The first-order chi connectivity index (χ1) is 24.8. The molecule has 0 saturated carbocycles. The quantitative estimate of drug-likeness (QED) is 0.147. The van der Waals surface area contributed by atoms with Crippen LogP contribution in [0.1, 0.15) is 102 Å². The number of anilines is 1. The van der Waals surface area contributed by atoms with E-state index in [2.05, 4.69) is 5.32 Å². The number of carbonyl (C=O) groups excluding carboxylic acids is 4. The Labute approximate surface area is 313 Å². The first-order valence-corrected chi connectivity index (χ1v) is 18.0. The molecular formula is C42H54N2O9. The van der Waals surface area contributed by atoms with E-state index in [0.29, 0.717) is 34.9 Å². The molecule has 1 aliphatic carbocycles. The monoisotopic (exact) mass is 730 g/mol. The highest BCUT2D eigenvalue weighted by atomic mass is 16.6. The number of aryl methyl sites for hydroxylation is 1. The molecule has 2 amide bonds. The second-order valence-electron chi connectivity index (χ2n) is 16.0. The normalized spacial score (nSPS) is 14.3. The number of methoxy groups -OCH3 is 1. The molecule has 3 aromatic rings. The van der Waals surface area contributed by atoms with Gasteiger partial charge in [0.15, 0.2) is 0 Å². The third kappa shape index (κ3) is 11.5. The van der Waals surface area contributed by atoms with E-state index in [1.807, 2.05) is 65.0 Å². The molecule has 0 spiro atoms. The summed E-state index contributed by atoms with van der Waals surface area (Å²) in [6.45, 7) is 16.2. The van der Waals surface area contributed by atoms with Crippen LogP contribution in [-0.4, -0.2) is 61.9 Å². The smallest absolute Gasteiger partial charge is 0.408 e. The second kappa shape index (κ2) is 16.7.